The molecule has 0 spiro atoms. The number of carbonyl (C=O) groups is 1. The molecule has 0 aromatic heterocycles. The van der Waals surface area contributed by atoms with Gasteiger partial charge in [-0.2, -0.15) is 18.4 Å². The molecular formula is C22H13ClF4N2O. The third-order valence-electron chi connectivity index (χ3n) is 4.36. The van der Waals surface area contributed by atoms with Gasteiger partial charge in [-0.25, -0.2) is 4.39 Å². The maximum Gasteiger partial charge on any atom is 0.416 e. The van der Waals surface area contributed by atoms with E-state index in [1.54, 1.807) is 30.3 Å². The van der Waals surface area contributed by atoms with Gasteiger partial charge in [0.2, 0.25) is 0 Å². The molecule has 1 N–H and O–H groups in total. The van der Waals surface area contributed by atoms with Gasteiger partial charge >= 0.3 is 6.18 Å². The van der Waals surface area contributed by atoms with Crippen molar-refractivity contribution >= 4 is 23.2 Å². The minimum Gasteiger partial charge on any atom is -0.322 e. The van der Waals surface area contributed by atoms with E-state index in [0.29, 0.717) is 34.3 Å². The Hall–Kier alpha value is -3.37. The molecule has 0 aliphatic rings. The first-order valence-electron chi connectivity index (χ1n) is 8.63. The van der Waals surface area contributed by atoms with Gasteiger partial charge in [-0.3, -0.25) is 4.79 Å². The predicted molar refractivity (Wildman–Crippen MR) is 105 cm³/mol. The Morgan fingerprint density at radius 3 is 2.47 bits per heavy atom. The van der Waals surface area contributed by atoms with Crippen LogP contribution in [0, 0.1) is 17.1 Å². The highest BCUT2D eigenvalue weighted by Crippen LogP contribution is 2.31. The van der Waals surface area contributed by atoms with E-state index in [1.807, 2.05) is 6.07 Å². The second kappa shape index (κ2) is 8.56. The summed E-state index contributed by atoms with van der Waals surface area (Å²) in [6, 6.07) is 15.1. The fourth-order valence-corrected chi connectivity index (χ4v) is 3.11. The molecule has 0 heterocycles. The molecule has 0 fully saturated rings. The molecule has 0 saturated heterocycles. The molecule has 0 saturated carbocycles. The van der Waals surface area contributed by atoms with Crippen LogP contribution in [0.3, 0.4) is 0 Å². The maximum atomic E-state index is 13.6. The van der Waals surface area contributed by atoms with E-state index in [2.05, 4.69) is 5.32 Å². The van der Waals surface area contributed by atoms with Crippen LogP contribution in [0.5, 0.6) is 0 Å². The summed E-state index contributed by atoms with van der Waals surface area (Å²) in [4.78, 5) is 12.6. The number of amides is 1. The summed E-state index contributed by atoms with van der Waals surface area (Å²) in [6.45, 7) is 0. The lowest BCUT2D eigenvalue weighted by Crippen LogP contribution is -2.16. The summed E-state index contributed by atoms with van der Waals surface area (Å²) in [5, 5.41) is 12.4. The lowest BCUT2D eigenvalue weighted by atomic mass is 9.98. The number of rotatable bonds is 4. The minimum absolute atomic E-state index is 0.204. The number of alkyl halides is 3. The number of nitrogens with one attached hydrogen (secondary N) is 1. The number of nitriles is 1. The van der Waals surface area contributed by atoms with Gasteiger partial charge in [-0.1, -0.05) is 35.9 Å². The topological polar surface area (TPSA) is 52.9 Å². The van der Waals surface area contributed by atoms with Gasteiger partial charge in [0.1, 0.15) is 5.82 Å². The van der Waals surface area contributed by atoms with E-state index >= 15 is 0 Å². The van der Waals surface area contributed by atoms with Crippen molar-refractivity contribution in [2.75, 3.05) is 5.32 Å². The highest BCUT2D eigenvalue weighted by molar-refractivity contribution is 6.31. The third kappa shape index (κ3) is 4.78. The molecule has 0 radical (unpaired) electrons. The van der Waals surface area contributed by atoms with Crippen LogP contribution in [0.15, 0.2) is 60.7 Å². The molecule has 0 unspecified atom stereocenters. The van der Waals surface area contributed by atoms with Gasteiger partial charge in [0, 0.05) is 22.7 Å². The molecule has 8 heteroatoms. The van der Waals surface area contributed by atoms with Gasteiger partial charge < -0.3 is 5.32 Å². The molecule has 3 nitrogen and oxygen atoms in total. The quantitative estimate of drug-likeness (QED) is 0.498. The van der Waals surface area contributed by atoms with Crippen molar-refractivity contribution in [1.82, 2.24) is 0 Å². The first-order chi connectivity index (χ1) is 14.2. The number of anilines is 1. The highest BCUT2D eigenvalue weighted by atomic mass is 35.5. The molecule has 3 aromatic rings. The van der Waals surface area contributed by atoms with Gasteiger partial charge in [0.25, 0.3) is 5.91 Å². The average Bonchev–Trinajstić information content (AvgIpc) is 2.69. The van der Waals surface area contributed by atoms with E-state index in [0.717, 1.165) is 0 Å². The Morgan fingerprint density at radius 2 is 1.80 bits per heavy atom. The Kier molecular flexibility index (Phi) is 6.09. The van der Waals surface area contributed by atoms with Crippen LogP contribution in [-0.4, -0.2) is 5.91 Å². The van der Waals surface area contributed by atoms with Gasteiger partial charge in [0.05, 0.1) is 17.2 Å². The molecule has 0 aliphatic carbocycles. The molecule has 3 rings (SSSR count). The molecule has 0 aliphatic heterocycles. The second-order valence-electron chi connectivity index (χ2n) is 6.39. The van der Waals surface area contributed by atoms with Crippen LogP contribution < -0.4 is 5.32 Å². The SMILES string of the molecule is N#Cc1cccc(NC(=O)c2cc(F)cc(C(F)(F)F)c2)c1Cc1ccccc1Cl. The van der Waals surface area contributed by atoms with Crippen LogP contribution >= 0.6 is 11.6 Å². The summed E-state index contributed by atoms with van der Waals surface area (Å²) < 4.78 is 52.5. The van der Waals surface area contributed by atoms with Crippen molar-refractivity contribution in [3.8, 4) is 6.07 Å². The van der Waals surface area contributed by atoms with Crippen molar-refractivity contribution in [3.05, 3.63) is 99.3 Å². The summed E-state index contributed by atoms with van der Waals surface area (Å²) in [6.07, 6.45) is -4.59. The van der Waals surface area contributed by atoms with Crippen molar-refractivity contribution in [3.63, 3.8) is 0 Å². The van der Waals surface area contributed by atoms with Crippen LogP contribution in [0.1, 0.15) is 32.6 Å². The summed E-state index contributed by atoms with van der Waals surface area (Å²) in [5.41, 5.74) is -0.140. The number of hydrogen-bond acceptors (Lipinski definition) is 2. The van der Waals surface area contributed by atoms with Crippen LogP contribution in [0.25, 0.3) is 0 Å². The standard InChI is InChI=1S/C22H13ClF4N2O/c23-19-6-2-1-4-13(19)10-18-14(12-28)5-3-7-20(18)29-21(30)15-8-16(22(25,26)27)11-17(24)9-15/h1-9,11H,10H2,(H,29,30). The zero-order valence-corrected chi connectivity index (χ0v) is 16.0. The number of hydrogen-bond donors (Lipinski definition) is 1. The second-order valence-corrected chi connectivity index (χ2v) is 6.80. The van der Waals surface area contributed by atoms with Crippen LogP contribution in [-0.2, 0) is 12.6 Å². The Morgan fingerprint density at radius 1 is 1.07 bits per heavy atom. The molecule has 0 atom stereocenters. The molecule has 0 bridgehead atoms. The minimum atomic E-state index is -4.80. The van der Waals surface area contributed by atoms with Crippen molar-refractivity contribution in [2.24, 2.45) is 0 Å². The van der Waals surface area contributed by atoms with E-state index in [1.165, 1.54) is 12.1 Å². The summed E-state index contributed by atoms with van der Waals surface area (Å²) in [7, 11) is 0. The highest BCUT2D eigenvalue weighted by Gasteiger charge is 2.32. The van der Waals surface area contributed by atoms with E-state index in [-0.39, 0.29) is 17.7 Å². The number of carbonyl (C=O) groups excluding carboxylic acids is 1. The monoisotopic (exact) mass is 432 g/mol. The van der Waals surface area contributed by atoms with Crippen molar-refractivity contribution in [2.45, 2.75) is 12.6 Å². The van der Waals surface area contributed by atoms with E-state index in [4.69, 9.17) is 11.6 Å². The average molecular weight is 433 g/mol. The van der Waals surface area contributed by atoms with E-state index in [9.17, 15) is 27.6 Å². The van der Waals surface area contributed by atoms with Gasteiger partial charge in [0.15, 0.2) is 0 Å². The largest absolute Gasteiger partial charge is 0.416 e. The van der Waals surface area contributed by atoms with Gasteiger partial charge in [-0.15, -0.1) is 0 Å². The smallest absolute Gasteiger partial charge is 0.322 e. The summed E-state index contributed by atoms with van der Waals surface area (Å²) >= 11 is 6.18. The lowest BCUT2D eigenvalue weighted by Gasteiger charge is -2.14. The Bertz CT molecular complexity index is 1150. The molecule has 1 amide bonds. The van der Waals surface area contributed by atoms with Crippen LogP contribution in [0.2, 0.25) is 5.02 Å². The number of benzene rings is 3. The molecular weight excluding hydrogens is 420 g/mol. The van der Waals surface area contributed by atoms with Crippen LogP contribution in [0.4, 0.5) is 23.2 Å². The number of halogens is 5. The zero-order valence-electron chi connectivity index (χ0n) is 15.2. The zero-order chi connectivity index (χ0) is 21.9. The van der Waals surface area contributed by atoms with Crippen molar-refractivity contribution < 1.29 is 22.4 Å². The molecule has 30 heavy (non-hydrogen) atoms. The fraction of sp³-hybridized carbons (Fsp3) is 0.0909. The lowest BCUT2D eigenvalue weighted by molar-refractivity contribution is -0.137. The number of nitrogens with zero attached hydrogens (tertiary/aromatic N) is 1. The fourth-order valence-electron chi connectivity index (χ4n) is 2.91. The maximum absolute atomic E-state index is 13.6. The third-order valence-corrected chi connectivity index (χ3v) is 4.73. The van der Waals surface area contributed by atoms with E-state index < -0.39 is 29.0 Å². The summed E-state index contributed by atoms with van der Waals surface area (Å²) in [5.74, 6) is -2.12. The first-order valence-corrected chi connectivity index (χ1v) is 9.01. The van der Waals surface area contributed by atoms with Gasteiger partial charge in [-0.05, 0) is 47.5 Å². The van der Waals surface area contributed by atoms with Crippen molar-refractivity contribution in [1.29, 1.82) is 5.26 Å². The predicted octanol–water partition coefficient (Wildman–Crippen LogP) is 6.21. The first kappa shape index (κ1) is 21.3. The molecule has 3 aromatic carbocycles. The Balaban J connectivity index is 1.98. The normalized spacial score (nSPS) is 11.1. The Labute approximate surface area is 174 Å². The molecule has 152 valence electrons.